The van der Waals surface area contributed by atoms with Gasteiger partial charge in [-0.3, -0.25) is 25.1 Å². The number of nitro groups is 2. The first kappa shape index (κ1) is 12.4. The van der Waals surface area contributed by atoms with E-state index in [0.29, 0.717) is 24.2 Å². The fourth-order valence-electron chi connectivity index (χ4n) is 2.03. The van der Waals surface area contributed by atoms with Crippen LogP contribution >= 0.6 is 0 Å². The highest BCUT2D eigenvalue weighted by molar-refractivity contribution is 5.49. The molecule has 1 heterocycles. The van der Waals surface area contributed by atoms with E-state index >= 15 is 0 Å². The monoisotopic (exact) mass is 251 g/mol. The summed E-state index contributed by atoms with van der Waals surface area (Å²) in [6, 6.07) is 4.60. The lowest BCUT2D eigenvalue weighted by Crippen LogP contribution is -2.05. The molecule has 2 rings (SSSR count). The highest BCUT2D eigenvalue weighted by atomic mass is 16.6. The molecular formula is C11H13N3O4. The summed E-state index contributed by atoms with van der Waals surface area (Å²) in [5.41, 5.74) is 0.0784. The number of benzene rings is 1. The largest absolute Gasteiger partial charge is 0.290 e. The van der Waals surface area contributed by atoms with Gasteiger partial charge in [-0.15, -0.1) is 0 Å². The summed E-state index contributed by atoms with van der Waals surface area (Å²) < 4.78 is 0. The maximum absolute atomic E-state index is 10.9. The molecule has 96 valence electrons. The normalized spacial score (nSPS) is 25.8. The Morgan fingerprint density at radius 3 is 2.22 bits per heavy atom. The number of nitro benzene ring substituents is 2. The maximum Gasteiger partial charge on any atom is 0.280 e. The number of hydrogen-bond acceptors (Lipinski definition) is 5. The maximum atomic E-state index is 10.9. The van der Waals surface area contributed by atoms with Crippen molar-refractivity contribution in [2.24, 2.45) is 0 Å². The summed E-state index contributed by atoms with van der Waals surface area (Å²) in [6.45, 7) is 4.54. The zero-order valence-corrected chi connectivity index (χ0v) is 10.1. The van der Waals surface area contributed by atoms with Crippen molar-refractivity contribution >= 4 is 11.4 Å². The third-order valence-electron chi connectivity index (χ3n) is 3.48. The predicted octanol–water partition coefficient (Wildman–Crippen LogP) is 2.10. The Kier molecular flexibility index (Phi) is 3.00. The highest BCUT2D eigenvalue weighted by Gasteiger charge is 2.40. The molecule has 1 unspecified atom stereocenters. The van der Waals surface area contributed by atoms with Crippen LogP contribution in [-0.4, -0.2) is 26.8 Å². The Bertz CT molecular complexity index is 509. The van der Waals surface area contributed by atoms with Crippen molar-refractivity contribution in [1.82, 2.24) is 4.90 Å². The van der Waals surface area contributed by atoms with E-state index in [9.17, 15) is 20.2 Å². The van der Waals surface area contributed by atoms with Gasteiger partial charge in [0.05, 0.1) is 15.9 Å². The molecule has 1 aliphatic heterocycles. The molecule has 0 spiro atoms. The van der Waals surface area contributed by atoms with Crippen LogP contribution in [0.1, 0.15) is 19.4 Å². The minimum absolute atomic E-state index is 0.185. The average molecular weight is 251 g/mol. The molecule has 7 heteroatoms. The minimum atomic E-state index is -0.626. The Morgan fingerprint density at radius 2 is 1.78 bits per heavy atom. The quantitative estimate of drug-likeness (QED) is 0.464. The molecule has 0 aliphatic carbocycles. The molecule has 18 heavy (non-hydrogen) atoms. The van der Waals surface area contributed by atoms with Crippen LogP contribution in [0.5, 0.6) is 0 Å². The first-order valence-electron chi connectivity index (χ1n) is 5.59. The Hall–Kier alpha value is -2.02. The summed E-state index contributed by atoms with van der Waals surface area (Å²) in [5, 5.41) is 21.5. The van der Waals surface area contributed by atoms with E-state index in [4.69, 9.17) is 0 Å². The SMILES string of the molecule is C[C@@H]1[C@H](C)N1Cc1ccc([N+](=O)[O-])cc1[N+](=O)[O-]. The van der Waals surface area contributed by atoms with Crippen LogP contribution in [0, 0.1) is 20.2 Å². The lowest BCUT2D eigenvalue weighted by molar-refractivity contribution is -0.394. The number of hydrogen-bond donors (Lipinski definition) is 0. The van der Waals surface area contributed by atoms with Crippen LogP contribution in [0.15, 0.2) is 18.2 Å². The van der Waals surface area contributed by atoms with Gasteiger partial charge in [0, 0.05) is 30.3 Å². The molecule has 0 radical (unpaired) electrons. The third-order valence-corrected chi connectivity index (χ3v) is 3.48. The Morgan fingerprint density at radius 1 is 1.17 bits per heavy atom. The first-order chi connectivity index (χ1) is 8.41. The van der Waals surface area contributed by atoms with Crippen LogP contribution < -0.4 is 0 Å². The second kappa shape index (κ2) is 4.34. The van der Waals surface area contributed by atoms with Gasteiger partial charge in [-0.25, -0.2) is 0 Å². The van der Waals surface area contributed by atoms with Crippen LogP contribution in [0.25, 0.3) is 0 Å². The number of non-ortho nitro benzene ring substituents is 1. The van der Waals surface area contributed by atoms with Crippen molar-refractivity contribution < 1.29 is 9.85 Å². The average Bonchev–Trinajstić information content (AvgIpc) is 2.87. The van der Waals surface area contributed by atoms with Crippen LogP contribution in [0.4, 0.5) is 11.4 Å². The summed E-state index contributed by atoms with van der Waals surface area (Å²) in [6.07, 6.45) is 0. The van der Waals surface area contributed by atoms with Crippen molar-refractivity contribution in [3.05, 3.63) is 44.0 Å². The van der Waals surface area contributed by atoms with E-state index in [1.165, 1.54) is 12.1 Å². The van der Waals surface area contributed by atoms with Crippen LogP contribution in [0.3, 0.4) is 0 Å². The van der Waals surface area contributed by atoms with Gasteiger partial charge in [0.1, 0.15) is 0 Å². The van der Waals surface area contributed by atoms with E-state index in [1.54, 1.807) is 0 Å². The molecule has 0 saturated carbocycles. The standard InChI is InChI=1S/C11H13N3O4/c1-7-8(2)12(7)6-9-3-4-10(13(15)16)5-11(9)14(17)18/h3-5,7-8H,6H2,1-2H3/t7-,8+,12?. The van der Waals surface area contributed by atoms with E-state index in [1.807, 2.05) is 13.8 Å². The first-order valence-corrected chi connectivity index (χ1v) is 5.59. The zero-order chi connectivity index (χ0) is 13.4. The van der Waals surface area contributed by atoms with E-state index in [2.05, 4.69) is 4.90 Å². The molecule has 1 aromatic rings. The van der Waals surface area contributed by atoms with Gasteiger partial charge in [0.2, 0.25) is 0 Å². The van der Waals surface area contributed by atoms with Crippen molar-refractivity contribution in [1.29, 1.82) is 0 Å². The molecule has 1 aromatic carbocycles. The highest BCUT2D eigenvalue weighted by Crippen LogP contribution is 2.33. The fraction of sp³-hybridized carbons (Fsp3) is 0.455. The number of nitrogens with zero attached hydrogens (tertiary/aromatic N) is 3. The van der Waals surface area contributed by atoms with Crippen molar-refractivity contribution in [3.63, 3.8) is 0 Å². The summed E-state index contributed by atoms with van der Waals surface area (Å²) in [4.78, 5) is 22.4. The molecule has 1 aliphatic rings. The Labute approximate surface area is 103 Å². The minimum Gasteiger partial charge on any atom is -0.290 e. The Balaban J connectivity index is 2.29. The van der Waals surface area contributed by atoms with Gasteiger partial charge >= 0.3 is 0 Å². The van der Waals surface area contributed by atoms with Crippen molar-refractivity contribution in [3.8, 4) is 0 Å². The van der Waals surface area contributed by atoms with E-state index in [0.717, 1.165) is 6.07 Å². The van der Waals surface area contributed by atoms with Crippen molar-refractivity contribution in [2.75, 3.05) is 0 Å². The molecular weight excluding hydrogens is 238 g/mol. The lowest BCUT2D eigenvalue weighted by Gasteiger charge is -2.04. The fourth-order valence-corrected chi connectivity index (χ4v) is 2.03. The number of rotatable bonds is 4. The predicted molar refractivity (Wildman–Crippen MR) is 64.2 cm³/mol. The van der Waals surface area contributed by atoms with Crippen LogP contribution in [0.2, 0.25) is 0 Å². The van der Waals surface area contributed by atoms with E-state index < -0.39 is 9.85 Å². The zero-order valence-electron chi connectivity index (χ0n) is 10.1. The smallest absolute Gasteiger partial charge is 0.280 e. The molecule has 0 N–H and O–H groups in total. The van der Waals surface area contributed by atoms with Crippen molar-refractivity contribution in [2.45, 2.75) is 32.5 Å². The van der Waals surface area contributed by atoms with Crippen LogP contribution in [-0.2, 0) is 6.54 Å². The van der Waals surface area contributed by atoms with Gasteiger partial charge in [0.15, 0.2) is 0 Å². The molecule has 0 amide bonds. The molecule has 0 bridgehead atoms. The van der Waals surface area contributed by atoms with Gasteiger partial charge < -0.3 is 0 Å². The van der Waals surface area contributed by atoms with Gasteiger partial charge in [-0.2, -0.15) is 0 Å². The summed E-state index contributed by atoms with van der Waals surface area (Å²) in [7, 11) is 0. The molecule has 1 fully saturated rings. The molecule has 0 aromatic heterocycles. The van der Waals surface area contributed by atoms with Gasteiger partial charge in [0.25, 0.3) is 11.4 Å². The van der Waals surface area contributed by atoms with Gasteiger partial charge in [-0.1, -0.05) is 0 Å². The molecule has 7 nitrogen and oxygen atoms in total. The lowest BCUT2D eigenvalue weighted by atomic mass is 10.1. The summed E-state index contributed by atoms with van der Waals surface area (Å²) in [5.74, 6) is 0. The van der Waals surface area contributed by atoms with E-state index in [-0.39, 0.29) is 11.4 Å². The second-order valence-electron chi connectivity index (χ2n) is 4.48. The summed E-state index contributed by atoms with van der Waals surface area (Å²) >= 11 is 0. The molecule has 3 atom stereocenters. The topological polar surface area (TPSA) is 89.3 Å². The second-order valence-corrected chi connectivity index (χ2v) is 4.48. The third kappa shape index (κ3) is 2.17. The molecule has 1 saturated heterocycles. The van der Waals surface area contributed by atoms with Gasteiger partial charge in [-0.05, 0) is 19.9 Å².